The van der Waals surface area contributed by atoms with E-state index in [1.807, 2.05) is 30.3 Å². The second-order valence-electron chi connectivity index (χ2n) is 6.86. The molecule has 1 N–H and O–H groups in total. The van der Waals surface area contributed by atoms with Crippen molar-refractivity contribution < 1.29 is 18.3 Å². The molecular formula is C19H21N3O4S. The molecule has 0 spiro atoms. The van der Waals surface area contributed by atoms with Gasteiger partial charge in [-0.05, 0) is 43.0 Å². The third-order valence-electron chi connectivity index (χ3n) is 5.08. The Bertz CT molecular complexity index is 948. The molecule has 4 rings (SSSR count). The Balaban J connectivity index is 1.68. The predicted octanol–water partition coefficient (Wildman–Crippen LogP) is 3.28. The summed E-state index contributed by atoms with van der Waals surface area (Å²) >= 11 is 0. The molecular weight excluding hydrogens is 366 g/mol. The third kappa shape index (κ3) is 3.10. The van der Waals surface area contributed by atoms with Gasteiger partial charge in [-0.15, -0.1) is 0 Å². The summed E-state index contributed by atoms with van der Waals surface area (Å²) in [5.74, 6) is -0.0339. The molecule has 2 heterocycles. The zero-order chi connectivity index (χ0) is 19.0. The second-order valence-corrected chi connectivity index (χ2v) is 8.57. The molecule has 0 aliphatic carbocycles. The Morgan fingerprint density at radius 3 is 2.41 bits per heavy atom. The first-order valence-corrected chi connectivity index (χ1v) is 10.3. The van der Waals surface area contributed by atoms with Gasteiger partial charge >= 0.3 is 16.3 Å². The van der Waals surface area contributed by atoms with Gasteiger partial charge in [0.15, 0.2) is 0 Å². The van der Waals surface area contributed by atoms with Gasteiger partial charge in [-0.25, -0.2) is 9.10 Å². The number of rotatable bonds is 3. The molecule has 0 saturated carbocycles. The molecule has 0 radical (unpaired) electrons. The van der Waals surface area contributed by atoms with Crippen molar-refractivity contribution in [2.45, 2.75) is 12.8 Å². The molecule has 1 amide bonds. The number of likely N-dealkylation sites (tertiary alicyclic amines) is 1. The van der Waals surface area contributed by atoms with Gasteiger partial charge in [-0.1, -0.05) is 30.3 Å². The molecule has 2 aliphatic heterocycles. The number of piperidine rings is 1. The van der Waals surface area contributed by atoms with Crippen molar-refractivity contribution in [3.8, 4) is 0 Å². The molecule has 1 atom stereocenters. The van der Waals surface area contributed by atoms with Gasteiger partial charge < -0.3 is 10.0 Å². The van der Waals surface area contributed by atoms with E-state index in [-0.39, 0.29) is 12.5 Å². The highest BCUT2D eigenvalue weighted by molar-refractivity contribution is 7.95. The Morgan fingerprint density at radius 2 is 1.70 bits per heavy atom. The summed E-state index contributed by atoms with van der Waals surface area (Å²) in [5, 5.41) is 9.25. The van der Waals surface area contributed by atoms with Gasteiger partial charge in [-0.2, -0.15) is 8.42 Å². The minimum absolute atomic E-state index is 0.0339. The van der Waals surface area contributed by atoms with E-state index in [0.29, 0.717) is 30.2 Å². The molecule has 7 nitrogen and oxygen atoms in total. The zero-order valence-electron chi connectivity index (χ0n) is 14.7. The highest BCUT2D eigenvalue weighted by atomic mass is 32.2. The van der Waals surface area contributed by atoms with Gasteiger partial charge in [0.25, 0.3) is 0 Å². The standard InChI is InChI=1S/C19H21N3O4S/c23-19(24)20-12-6-7-15(13-20)14-21-17-10-4-5-11-18(17)22(27(21,25)26)16-8-2-1-3-9-16/h1-5,8-11,15H,6-7,12-14H2,(H,23,24)/t15-/m0/s1. The second kappa shape index (κ2) is 6.77. The Hall–Kier alpha value is -2.74. The molecule has 0 bridgehead atoms. The van der Waals surface area contributed by atoms with Crippen LogP contribution in [0.5, 0.6) is 0 Å². The lowest BCUT2D eigenvalue weighted by molar-refractivity contribution is 0.122. The number of carboxylic acid groups (broad SMARTS) is 1. The van der Waals surface area contributed by atoms with Crippen LogP contribution in [0.3, 0.4) is 0 Å². The normalized spacial score (nSPS) is 21.2. The maximum absolute atomic E-state index is 13.4. The van der Waals surface area contributed by atoms with Gasteiger partial charge in [0, 0.05) is 19.6 Å². The van der Waals surface area contributed by atoms with Crippen molar-refractivity contribution in [3.05, 3.63) is 54.6 Å². The van der Waals surface area contributed by atoms with E-state index >= 15 is 0 Å². The van der Waals surface area contributed by atoms with Gasteiger partial charge in [0.1, 0.15) is 0 Å². The minimum atomic E-state index is -3.78. The fraction of sp³-hybridized carbons (Fsp3) is 0.316. The van der Waals surface area contributed by atoms with Crippen LogP contribution in [-0.4, -0.2) is 44.2 Å². The van der Waals surface area contributed by atoms with Crippen LogP contribution in [0.2, 0.25) is 0 Å². The average Bonchev–Trinajstić information content (AvgIpc) is 2.89. The van der Waals surface area contributed by atoms with E-state index < -0.39 is 16.3 Å². The molecule has 2 aliphatic rings. The van der Waals surface area contributed by atoms with E-state index in [1.54, 1.807) is 24.3 Å². The first-order valence-electron chi connectivity index (χ1n) is 8.93. The van der Waals surface area contributed by atoms with E-state index in [0.717, 1.165) is 12.8 Å². The first kappa shape index (κ1) is 17.7. The topological polar surface area (TPSA) is 81.2 Å². The first-order chi connectivity index (χ1) is 13.0. The monoisotopic (exact) mass is 387 g/mol. The number of benzene rings is 2. The Morgan fingerprint density at radius 1 is 1.04 bits per heavy atom. The van der Waals surface area contributed by atoms with Crippen LogP contribution in [0.15, 0.2) is 54.6 Å². The minimum Gasteiger partial charge on any atom is -0.465 e. The Labute approximate surface area is 158 Å². The Kier molecular flexibility index (Phi) is 4.43. The SMILES string of the molecule is O=C(O)N1CCC[C@H](CN2c3ccccc3N(c3ccccc3)S2(=O)=O)C1. The van der Waals surface area contributed by atoms with Crippen molar-refractivity contribution >= 4 is 33.4 Å². The number of fused-ring (bicyclic) bond motifs is 1. The van der Waals surface area contributed by atoms with Crippen LogP contribution >= 0.6 is 0 Å². The fourth-order valence-corrected chi connectivity index (χ4v) is 5.63. The summed E-state index contributed by atoms with van der Waals surface area (Å²) in [5.41, 5.74) is 1.84. The molecule has 1 fully saturated rings. The lowest BCUT2D eigenvalue weighted by Crippen LogP contribution is -2.45. The van der Waals surface area contributed by atoms with Gasteiger partial charge in [0.05, 0.1) is 17.1 Å². The molecule has 0 aromatic heterocycles. The molecule has 142 valence electrons. The van der Waals surface area contributed by atoms with Crippen LogP contribution in [-0.2, 0) is 10.2 Å². The largest absolute Gasteiger partial charge is 0.465 e. The van der Waals surface area contributed by atoms with Crippen molar-refractivity contribution in [1.29, 1.82) is 0 Å². The molecule has 2 aromatic rings. The number of para-hydroxylation sites is 3. The number of amides is 1. The number of anilines is 3. The van der Waals surface area contributed by atoms with Crippen molar-refractivity contribution in [1.82, 2.24) is 4.90 Å². The summed E-state index contributed by atoms with van der Waals surface area (Å²) in [6, 6.07) is 16.2. The van der Waals surface area contributed by atoms with E-state index in [4.69, 9.17) is 0 Å². The van der Waals surface area contributed by atoms with Crippen LogP contribution in [0.25, 0.3) is 0 Å². The quantitative estimate of drug-likeness (QED) is 0.876. The highest BCUT2D eigenvalue weighted by Crippen LogP contribution is 2.45. The van der Waals surface area contributed by atoms with Crippen molar-refractivity contribution in [3.63, 3.8) is 0 Å². The maximum atomic E-state index is 13.4. The van der Waals surface area contributed by atoms with Crippen molar-refractivity contribution in [2.75, 3.05) is 28.2 Å². The van der Waals surface area contributed by atoms with Gasteiger partial charge in [-0.3, -0.25) is 4.31 Å². The van der Waals surface area contributed by atoms with E-state index in [1.165, 1.54) is 13.5 Å². The zero-order valence-corrected chi connectivity index (χ0v) is 15.5. The van der Waals surface area contributed by atoms with Crippen LogP contribution in [0.4, 0.5) is 21.9 Å². The number of nitrogens with zero attached hydrogens (tertiary/aromatic N) is 3. The average molecular weight is 387 g/mol. The molecule has 1 saturated heterocycles. The predicted molar refractivity (Wildman–Crippen MR) is 104 cm³/mol. The summed E-state index contributed by atoms with van der Waals surface area (Å²) in [6.07, 6.45) is 0.605. The summed E-state index contributed by atoms with van der Waals surface area (Å²) in [4.78, 5) is 12.7. The number of carbonyl (C=O) groups is 1. The smallest absolute Gasteiger partial charge is 0.407 e. The highest BCUT2D eigenvalue weighted by Gasteiger charge is 2.42. The van der Waals surface area contributed by atoms with Crippen molar-refractivity contribution in [2.24, 2.45) is 5.92 Å². The van der Waals surface area contributed by atoms with Gasteiger partial charge in [0.2, 0.25) is 0 Å². The molecule has 2 aromatic carbocycles. The molecule has 27 heavy (non-hydrogen) atoms. The number of hydrogen-bond donors (Lipinski definition) is 1. The fourth-order valence-electron chi connectivity index (χ4n) is 3.84. The summed E-state index contributed by atoms with van der Waals surface area (Å²) in [6.45, 7) is 1.13. The maximum Gasteiger partial charge on any atom is 0.407 e. The third-order valence-corrected chi connectivity index (χ3v) is 6.85. The summed E-state index contributed by atoms with van der Waals surface area (Å²) < 4.78 is 29.5. The van der Waals surface area contributed by atoms with E-state index in [9.17, 15) is 18.3 Å². The number of hydrogen-bond acceptors (Lipinski definition) is 3. The molecule has 8 heteroatoms. The lowest BCUT2D eigenvalue weighted by atomic mass is 9.98. The van der Waals surface area contributed by atoms with Crippen LogP contribution in [0, 0.1) is 5.92 Å². The van der Waals surface area contributed by atoms with Crippen LogP contribution < -0.4 is 8.61 Å². The van der Waals surface area contributed by atoms with Crippen LogP contribution in [0.1, 0.15) is 12.8 Å². The molecule has 0 unspecified atom stereocenters. The summed E-state index contributed by atoms with van der Waals surface area (Å²) in [7, 11) is -3.78. The van der Waals surface area contributed by atoms with E-state index in [2.05, 4.69) is 0 Å². The lowest BCUT2D eigenvalue weighted by Gasteiger charge is -2.33.